The van der Waals surface area contributed by atoms with E-state index in [9.17, 15) is 9.59 Å². The molecule has 0 aromatic heterocycles. The summed E-state index contributed by atoms with van der Waals surface area (Å²) in [4.78, 5) is 25.2. The molecule has 114 valence electrons. The summed E-state index contributed by atoms with van der Waals surface area (Å²) in [5, 5.41) is 9.03. The van der Waals surface area contributed by atoms with Gasteiger partial charge in [0.1, 0.15) is 0 Å². The lowest BCUT2D eigenvalue weighted by Crippen LogP contribution is -2.33. The van der Waals surface area contributed by atoms with Gasteiger partial charge in [0.25, 0.3) is 0 Å². The summed E-state index contributed by atoms with van der Waals surface area (Å²) in [5.41, 5.74) is 7.47. The molecule has 5 nitrogen and oxygen atoms in total. The molecule has 5 heteroatoms. The maximum atomic E-state index is 12.5. The molecule has 0 spiro atoms. The van der Waals surface area contributed by atoms with Gasteiger partial charge < -0.3 is 15.7 Å². The van der Waals surface area contributed by atoms with Gasteiger partial charge in [-0.3, -0.25) is 9.59 Å². The van der Waals surface area contributed by atoms with Crippen molar-refractivity contribution in [1.29, 1.82) is 0 Å². The Balaban J connectivity index is 2.18. The zero-order valence-electron chi connectivity index (χ0n) is 12.3. The summed E-state index contributed by atoms with van der Waals surface area (Å²) < 4.78 is 0. The van der Waals surface area contributed by atoms with Gasteiger partial charge in [-0.25, -0.2) is 0 Å². The second-order valence-electron chi connectivity index (χ2n) is 5.57. The maximum Gasteiger partial charge on any atom is 0.304 e. The van der Waals surface area contributed by atoms with Gasteiger partial charge in [-0.15, -0.1) is 0 Å². The highest BCUT2D eigenvalue weighted by atomic mass is 16.4. The minimum Gasteiger partial charge on any atom is -0.481 e. The first-order valence-electron chi connectivity index (χ1n) is 7.38. The average Bonchev–Trinajstić information content (AvgIpc) is 2.83. The number of carboxylic acid groups (broad SMARTS) is 1. The number of para-hydroxylation sites is 1. The van der Waals surface area contributed by atoms with Gasteiger partial charge in [0.05, 0.1) is 6.42 Å². The standard InChI is InChI=1S/C16H22N2O3/c1-2-11(9-17)7-15(19)18-10-12(8-16(20)21)13-5-3-4-6-14(13)18/h3-6,11-12H,2,7-10,17H2,1H3,(H,20,21). The predicted octanol–water partition coefficient (Wildman–Crippen LogP) is 1.97. The number of fused-ring (bicyclic) bond motifs is 1. The first-order valence-corrected chi connectivity index (χ1v) is 7.38. The van der Waals surface area contributed by atoms with Crippen molar-refractivity contribution in [1.82, 2.24) is 0 Å². The zero-order chi connectivity index (χ0) is 15.4. The number of carbonyl (C=O) groups excluding carboxylic acids is 1. The van der Waals surface area contributed by atoms with Gasteiger partial charge in [-0.1, -0.05) is 31.5 Å². The smallest absolute Gasteiger partial charge is 0.304 e. The Kier molecular flexibility index (Phi) is 4.96. The molecule has 2 unspecified atom stereocenters. The third-order valence-corrected chi connectivity index (χ3v) is 4.17. The largest absolute Gasteiger partial charge is 0.481 e. The van der Waals surface area contributed by atoms with E-state index in [-0.39, 0.29) is 24.2 Å². The van der Waals surface area contributed by atoms with Crippen LogP contribution in [0.25, 0.3) is 0 Å². The molecule has 0 fully saturated rings. The molecule has 1 aromatic carbocycles. The van der Waals surface area contributed by atoms with Crippen LogP contribution in [0.2, 0.25) is 0 Å². The number of hydrogen-bond acceptors (Lipinski definition) is 3. The molecule has 2 atom stereocenters. The maximum absolute atomic E-state index is 12.5. The molecular weight excluding hydrogens is 268 g/mol. The van der Waals surface area contributed by atoms with Crippen LogP contribution in [0, 0.1) is 5.92 Å². The number of carboxylic acids is 1. The number of aliphatic carboxylic acids is 1. The number of carbonyl (C=O) groups is 2. The number of hydrogen-bond donors (Lipinski definition) is 2. The van der Waals surface area contributed by atoms with Crippen LogP contribution in [0.1, 0.15) is 37.7 Å². The first-order chi connectivity index (χ1) is 10.1. The van der Waals surface area contributed by atoms with Gasteiger partial charge in [-0.2, -0.15) is 0 Å². The van der Waals surface area contributed by atoms with Crippen LogP contribution >= 0.6 is 0 Å². The van der Waals surface area contributed by atoms with Crippen molar-refractivity contribution in [3.05, 3.63) is 29.8 Å². The van der Waals surface area contributed by atoms with E-state index < -0.39 is 5.97 Å². The van der Waals surface area contributed by atoms with E-state index in [1.54, 1.807) is 4.90 Å². The van der Waals surface area contributed by atoms with Gasteiger partial charge >= 0.3 is 5.97 Å². The van der Waals surface area contributed by atoms with E-state index in [0.717, 1.165) is 17.7 Å². The third kappa shape index (κ3) is 3.42. The summed E-state index contributed by atoms with van der Waals surface area (Å²) in [7, 11) is 0. The average molecular weight is 290 g/mol. The number of anilines is 1. The summed E-state index contributed by atoms with van der Waals surface area (Å²) in [5.74, 6) is -0.742. The fraction of sp³-hybridized carbons (Fsp3) is 0.500. The van der Waals surface area contributed by atoms with E-state index in [1.165, 1.54) is 0 Å². The Bertz CT molecular complexity index is 526. The Morgan fingerprint density at radius 1 is 1.43 bits per heavy atom. The Labute approximate surface area is 124 Å². The van der Waals surface area contributed by atoms with Crippen LogP contribution in [0.5, 0.6) is 0 Å². The summed E-state index contributed by atoms with van der Waals surface area (Å²) >= 11 is 0. The number of nitrogens with zero attached hydrogens (tertiary/aromatic N) is 1. The molecule has 0 saturated carbocycles. The number of nitrogens with two attached hydrogens (primary N) is 1. The van der Waals surface area contributed by atoms with E-state index in [0.29, 0.717) is 19.5 Å². The normalized spacial score (nSPS) is 18.4. The molecular formula is C16H22N2O3. The quantitative estimate of drug-likeness (QED) is 0.839. The molecule has 1 aliphatic rings. The van der Waals surface area contributed by atoms with Crippen molar-refractivity contribution in [3.63, 3.8) is 0 Å². The molecule has 0 radical (unpaired) electrons. The van der Waals surface area contributed by atoms with Crippen molar-refractivity contribution >= 4 is 17.6 Å². The summed E-state index contributed by atoms with van der Waals surface area (Å²) in [6, 6.07) is 7.56. The monoisotopic (exact) mass is 290 g/mol. The second kappa shape index (κ2) is 6.72. The van der Waals surface area contributed by atoms with Crippen molar-refractivity contribution in [3.8, 4) is 0 Å². The number of amides is 1. The summed E-state index contributed by atoms with van der Waals surface area (Å²) in [6.45, 7) is 2.97. The van der Waals surface area contributed by atoms with Crippen molar-refractivity contribution < 1.29 is 14.7 Å². The lowest BCUT2D eigenvalue weighted by Gasteiger charge is -2.20. The van der Waals surface area contributed by atoms with E-state index in [1.807, 2.05) is 31.2 Å². The Morgan fingerprint density at radius 3 is 2.76 bits per heavy atom. The molecule has 21 heavy (non-hydrogen) atoms. The van der Waals surface area contributed by atoms with E-state index in [4.69, 9.17) is 10.8 Å². The molecule has 1 aromatic rings. The molecule has 0 bridgehead atoms. The van der Waals surface area contributed by atoms with Crippen LogP contribution in [0.4, 0.5) is 5.69 Å². The topological polar surface area (TPSA) is 83.6 Å². The molecule has 1 amide bonds. The highest BCUT2D eigenvalue weighted by Gasteiger charge is 2.33. The van der Waals surface area contributed by atoms with Crippen molar-refractivity contribution in [2.24, 2.45) is 11.7 Å². The van der Waals surface area contributed by atoms with Crippen LogP contribution in [-0.2, 0) is 9.59 Å². The van der Waals surface area contributed by atoms with Crippen molar-refractivity contribution in [2.45, 2.75) is 32.1 Å². The SMILES string of the molecule is CCC(CN)CC(=O)N1CC(CC(=O)O)c2ccccc21. The lowest BCUT2D eigenvalue weighted by molar-refractivity contribution is -0.137. The minimum atomic E-state index is -0.836. The lowest BCUT2D eigenvalue weighted by atomic mass is 9.98. The van der Waals surface area contributed by atoms with Gasteiger partial charge in [0, 0.05) is 24.6 Å². The Hall–Kier alpha value is -1.88. The molecule has 1 heterocycles. The van der Waals surface area contributed by atoms with Crippen molar-refractivity contribution in [2.75, 3.05) is 18.0 Å². The van der Waals surface area contributed by atoms with E-state index >= 15 is 0 Å². The predicted molar refractivity (Wildman–Crippen MR) is 81.2 cm³/mol. The minimum absolute atomic E-state index is 0.0349. The van der Waals surface area contributed by atoms with Crippen LogP contribution < -0.4 is 10.6 Å². The molecule has 0 saturated heterocycles. The third-order valence-electron chi connectivity index (χ3n) is 4.17. The fourth-order valence-corrected chi connectivity index (χ4v) is 2.87. The number of rotatable bonds is 6. The van der Waals surface area contributed by atoms with Crippen LogP contribution in [-0.4, -0.2) is 30.1 Å². The van der Waals surface area contributed by atoms with Gasteiger partial charge in [-0.05, 0) is 24.1 Å². The zero-order valence-corrected chi connectivity index (χ0v) is 12.3. The molecule has 3 N–H and O–H groups in total. The highest BCUT2D eigenvalue weighted by Crippen LogP contribution is 2.38. The summed E-state index contributed by atoms with van der Waals surface area (Å²) in [6.07, 6.45) is 1.34. The van der Waals surface area contributed by atoms with Gasteiger partial charge in [0.2, 0.25) is 5.91 Å². The van der Waals surface area contributed by atoms with Crippen LogP contribution in [0.15, 0.2) is 24.3 Å². The van der Waals surface area contributed by atoms with Gasteiger partial charge in [0.15, 0.2) is 0 Å². The number of benzene rings is 1. The first kappa shape index (κ1) is 15.5. The second-order valence-corrected chi connectivity index (χ2v) is 5.57. The highest BCUT2D eigenvalue weighted by molar-refractivity contribution is 5.96. The fourth-order valence-electron chi connectivity index (χ4n) is 2.87. The molecule has 0 aliphatic carbocycles. The molecule has 2 rings (SSSR count). The van der Waals surface area contributed by atoms with Crippen LogP contribution in [0.3, 0.4) is 0 Å². The van der Waals surface area contributed by atoms with E-state index in [2.05, 4.69) is 0 Å². The Morgan fingerprint density at radius 2 is 2.14 bits per heavy atom. The molecule has 1 aliphatic heterocycles.